The summed E-state index contributed by atoms with van der Waals surface area (Å²) in [5, 5.41) is 0. The van der Waals surface area contributed by atoms with Crippen LogP contribution in [0.25, 0.3) is 0 Å². The van der Waals surface area contributed by atoms with Crippen LogP contribution in [0.15, 0.2) is 0 Å². The van der Waals surface area contributed by atoms with Crippen molar-refractivity contribution < 1.29 is 0 Å². The first kappa shape index (κ1) is 10.1. The smallest absolute Gasteiger partial charge is 0.0386 e. The number of hydrogen-bond donors (Lipinski definition) is 0. The van der Waals surface area contributed by atoms with Crippen LogP contribution in [0, 0.1) is 23.7 Å². The molecule has 0 radical (unpaired) electrons. The Balaban J connectivity index is 2.23. The lowest BCUT2D eigenvalue weighted by Gasteiger charge is -2.15. The van der Waals surface area contributed by atoms with Crippen LogP contribution in [-0.4, -0.2) is 0 Å². The van der Waals surface area contributed by atoms with Gasteiger partial charge in [-0.2, -0.15) is 0 Å². The Kier molecular flexibility index (Phi) is 3.61. The van der Waals surface area contributed by atoms with Gasteiger partial charge >= 0.3 is 0 Å². The van der Waals surface area contributed by atoms with Gasteiger partial charge in [-0.3, -0.25) is 0 Å². The highest BCUT2D eigenvalue weighted by Crippen LogP contribution is 2.38. The zero-order valence-electron chi connectivity index (χ0n) is 9.14. The van der Waals surface area contributed by atoms with Crippen LogP contribution in [0.4, 0.5) is 0 Å². The van der Waals surface area contributed by atoms with Crippen LogP contribution in [0.2, 0.25) is 0 Å². The molecule has 0 heterocycles. The Morgan fingerprint density at radius 1 is 1.17 bits per heavy atom. The van der Waals surface area contributed by atoms with Gasteiger partial charge in [-0.15, -0.1) is 0 Å². The summed E-state index contributed by atoms with van der Waals surface area (Å²) in [6.07, 6.45) is 5.88. The average Bonchev–Trinajstić information content (AvgIpc) is 2.26. The van der Waals surface area contributed by atoms with Gasteiger partial charge in [0.1, 0.15) is 0 Å². The first-order valence-corrected chi connectivity index (χ1v) is 5.59. The molecule has 1 rings (SSSR count). The third kappa shape index (κ3) is 2.80. The highest BCUT2D eigenvalue weighted by molar-refractivity contribution is 4.78. The van der Waals surface area contributed by atoms with Crippen molar-refractivity contribution in [3.05, 3.63) is 0 Å². The largest absolute Gasteiger partial charge is 0.0628 e. The van der Waals surface area contributed by atoms with Crippen molar-refractivity contribution in [2.24, 2.45) is 23.7 Å². The SMILES string of the molecule is CC(C)CCC1C[C@H](C)C[C@H]1C. The minimum atomic E-state index is 0.896. The van der Waals surface area contributed by atoms with Crippen LogP contribution < -0.4 is 0 Å². The molecule has 0 aromatic carbocycles. The molecule has 0 bridgehead atoms. The second-order valence-electron chi connectivity index (χ2n) is 5.29. The molecule has 0 spiro atoms. The molecule has 0 heteroatoms. The van der Waals surface area contributed by atoms with Crippen LogP contribution in [0.3, 0.4) is 0 Å². The molecule has 1 unspecified atom stereocenters. The van der Waals surface area contributed by atoms with E-state index in [-0.39, 0.29) is 0 Å². The Morgan fingerprint density at radius 3 is 2.25 bits per heavy atom. The summed E-state index contributed by atoms with van der Waals surface area (Å²) in [5.41, 5.74) is 0. The van der Waals surface area contributed by atoms with Crippen molar-refractivity contribution >= 4 is 0 Å². The van der Waals surface area contributed by atoms with Crippen molar-refractivity contribution in [1.82, 2.24) is 0 Å². The average molecular weight is 168 g/mol. The number of hydrogen-bond acceptors (Lipinski definition) is 0. The Hall–Kier alpha value is 0. The van der Waals surface area contributed by atoms with Gasteiger partial charge < -0.3 is 0 Å². The van der Waals surface area contributed by atoms with Crippen molar-refractivity contribution in [3.63, 3.8) is 0 Å². The summed E-state index contributed by atoms with van der Waals surface area (Å²) < 4.78 is 0. The van der Waals surface area contributed by atoms with Crippen LogP contribution in [-0.2, 0) is 0 Å². The van der Waals surface area contributed by atoms with Gasteiger partial charge in [0.25, 0.3) is 0 Å². The maximum Gasteiger partial charge on any atom is -0.0386 e. The van der Waals surface area contributed by atoms with Crippen LogP contribution in [0.5, 0.6) is 0 Å². The lowest BCUT2D eigenvalue weighted by molar-refractivity contribution is 0.356. The summed E-state index contributed by atoms with van der Waals surface area (Å²) in [6, 6.07) is 0. The quantitative estimate of drug-likeness (QED) is 0.595. The Morgan fingerprint density at radius 2 is 1.83 bits per heavy atom. The molecule has 0 saturated heterocycles. The summed E-state index contributed by atoms with van der Waals surface area (Å²) in [4.78, 5) is 0. The molecule has 0 aliphatic heterocycles. The van der Waals surface area contributed by atoms with Gasteiger partial charge in [0.05, 0.1) is 0 Å². The minimum absolute atomic E-state index is 0.896. The van der Waals surface area contributed by atoms with E-state index in [0.717, 1.165) is 23.7 Å². The first-order chi connectivity index (χ1) is 5.59. The van der Waals surface area contributed by atoms with E-state index in [4.69, 9.17) is 0 Å². The second-order valence-corrected chi connectivity index (χ2v) is 5.29. The topological polar surface area (TPSA) is 0 Å². The zero-order valence-corrected chi connectivity index (χ0v) is 9.14. The van der Waals surface area contributed by atoms with E-state index in [2.05, 4.69) is 27.7 Å². The molecule has 0 aromatic heterocycles. The molecule has 0 N–H and O–H groups in total. The summed E-state index contributed by atoms with van der Waals surface area (Å²) in [7, 11) is 0. The normalized spacial score (nSPS) is 36.2. The fourth-order valence-corrected chi connectivity index (χ4v) is 2.62. The van der Waals surface area contributed by atoms with E-state index in [0.29, 0.717) is 0 Å². The molecule has 0 aromatic rings. The Bertz CT molecular complexity index is 126. The minimum Gasteiger partial charge on any atom is -0.0628 e. The molecule has 1 saturated carbocycles. The van der Waals surface area contributed by atoms with Crippen LogP contribution >= 0.6 is 0 Å². The van der Waals surface area contributed by atoms with Crippen LogP contribution in [0.1, 0.15) is 53.4 Å². The Labute approximate surface area is 77.7 Å². The van der Waals surface area contributed by atoms with Gasteiger partial charge in [0, 0.05) is 0 Å². The number of rotatable bonds is 3. The molecule has 1 aliphatic carbocycles. The molecule has 1 fully saturated rings. The summed E-state index contributed by atoms with van der Waals surface area (Å²) >= 11 is 0. The summed E-state index contributed by atoms with van der Waals surface area (Å²) in [5.74, 6) is 3.94. The summed E-state index contributed by atoms with van der Waals surface area (Å²) in [6.45, 7) is 9.52. The van der Waals surface area contributed by atoms with E-state index in [1.165, 1.54) is 25.7 Å². The van der Waals surface area contributed by atoms with E-state index < -0.39 is 0 Å². The predicted octanol–water partition coefficient (Wildman–Crippen LogP) is 4.10. The zero-order chi connectivity index (χ0) is 9.14. The fourth-order valence-electron chi connectivity index (χ4n) is 2.62. The molecule has 1 aliphatic rings. The highest BCUT2D eigenvalue weighted by Gasteiger charge is 2.27. The third-order valence-corrected chi connectivity index (χ3v) is 3.40. The van der Waals surface area contributed by atoms with E-state index in [9.17, 15) is 0 Å². The van der Waals surface area contributed by atoms with E-state index in [1.54, 1.807) is 0 Å². The van der Waals surface area contributed by atoms with Gasteiger partial charge in [-0.05, 0) is 42.9 Å². The van der Waals surface area contributed by atoms with Crippen molar-refractivity contribution in [3.8, 4) is 0 Å². The molecule has 3 atom stereocenters. The van der Waals surface area contributed by atoms with E-state index >= 15 is 0 Å². The third-order valence-electron chi connectivity index (χ3n) is 3.40. The second kappa shape index (κ2) is 4.30. The molecular formula is C12H24. The van der Waals surface area contributed by atoms with Crippen molar-refractivity contribution in [1.29, 1.82) is 0 Å². The van der Waals surface area contributed by atoms with Gasteiger partial charge in [-0.25, -0.2) is 0 Å². The van der Waals surface area contributed by atoms with Gasteiger partial charge in [0.15, 0.2) is 0 Å². The fraction of sp³-hybridized carbons (Fsp3) is 1.00. The monoisotopic (exact) mass is 168 g/mol. The standard InChI is InChI=1S/C12H24/c1-9(2)5-6-12-8-10(3)7-11(12)4/h9-12H,5-8H2,1-4H3/t10-,11-,12?/m1/s1. The lowest BCUT2D eigenvalue weighted by atomic mass is 9.90. The maximum atomic E-state index is 2.44. The van der Waals surface area contributed by atoms with Gasteiger partial charge in [-0.1, -0.05) is 34.1 Å². The molecule has 0 nitrogen and oxygen atoms in total. The van der Waals surface area contributed by atoms with Gasteiger partial charge in [0.2, 0.25) is 0 Å². The lowest BCUT2D eigenvalue weighted by Crippen LogP contribution is -2.05. The molecule has 0 amide bonds. The molecular weight excluding hydrogens is 144 g/mol. The predicted molar refractivity (Wildman–Crippen MR) is 55.1 cm³/mol. The molecule has 12 heavy (non-hydrogen) atoms. The van der Waals surface area contributed by atoms with E-state index in [1.807, 2.05) is 0 Å². The van der Waals surface area contributed by atoms with Crippen molar-refractivity contribution in [2.45, 2.75) is 53.4 Å². The highest BCUT2D eigenvalue weighted by atomic mass is 14.3. The first-order valence-electron chi connectivity index (χ1n) is 5.59. The molecule has 72 valence electrons. The van der Waals surface area contributed by atoms with Crippen molar-refractivity contribution in [2.75, 3.05) is 0 Å². The maximum absolute atomic E-state index is 2.44.